The topological polar surface area (TPSA) is 67.9 Å². The first-order chi connectivity index (χ1) is 16.2. The molecule has 1 heterocycles. The zero-order valence-electron chi connectivity index (χ0n) is 18.3. The third kappa shape index (κ3) is 4.05. The van der Waals surface area contributed by atoms with Crippen molar-refractivity contribution in [2.45, 2.75) is 18.3 Å². The van der Waals surface area contributed by atoms with Crippen molar-refractivity contribution < 1.29 is 32.2 Å². The van der Waals surface area contributed by atoms with Crippen molar-refractivity contribution in [1.29, 1.82) is 0 Å². The molecule has 1 saturated heterocycles. The van der Waals surface area contributed by atoms with Gasteiger partial charge in [-0.25, -0.2) is 4.79 Å². The number of methoxy groups -OCH3 is 2. The summed E-state index contributed by atoms with van der Waals surface area (Å²) in [6.07, 6.45) is -4.47. The zero-order valence-corrected chi connectivity index (χ0v) is 18.3. The van der Waals surface area contributed by atoms with Crippen molar-refractivity contribution in [1.82, 2.24) is 10.2 Å². The number of benzene rings is 3. The van der Waals surface area contributed by atoms with E-state index in [2.05, 4.69) is 5.32 Å². The van der Waals surface area contributed by atoms with E-state index in [9.17, 15) is 22.8 Å². The lowest BCUT2D eigenvalue weighted by Gasteiger charge is -2.28. The number of hydrogen-bond donors (Lipinski definition) is 1. The summed E-state index contributed by atoms with van der Waals surface area (Å²) >= 11 is 0. The predicted molar refractivity (Wildman–Crippen MR) is 117 cm³/mol. The number of halogens is 3. The minimum absolute atomic E-state index is 0.184. The lowest BCUT2D eigenvalue weighted by molar-refractivity contribution is -0.137. The molecule has 9 heteroatoms. The second-order valence-corrected chi connectivity index (χ2v) is 7.72. The van der Waals surface area contributed by atoms with Crippen LogP contribution in [0, 0.1) is 0 Å². The van der Waals surface area contributed by atoms with Gasteiger partial charge in [-0.3, -0.25) is 9.69 Å². The fourth-order valence-electron chi connectivity index (χ4n) is 3.94. The molecule has 0 aromatic heterocycles. The highest BCUT2D eigenvalue weighted by Crippen LogP contribution is 2.38. The van der Waals surface area contributed by atoms with E-state index in [1.165, 1.54) is 26.4 Å². The number of carbonyl (C=O) groups is 2. The van der Waals surface area contributed by atoms with Crippen LogP contribution in [0.2, 0.25) is 0 Å². The third-order valence-electron chi connectivity index (χ3n) is 5.77. The van der Waals surface area contributed by atoms with Crippen LogP contribution in [0.4, 0.5) is 18.0 Å². The first-order valence-electron chi connectivity index (χ1n) is 10.3. The fraction of sp³-hybridized carbons (Fsp3) is 0.200. The Morgan fingerprint density at radius 3 is 1.68 bits per heavy atom. The molecule has 4 rings (SSSR count). The van der Waals surface area contributed by atoms with Gasteiger partial charge in [0.05, 0.1) is 26.3 Å². The van der Waals surface area contributed by atoms with Crippen LogP contribution >= 0.6 is 0 Å². The van der Waals surface area contributed by atoms with Crippen molar-refractivity contribution in [2.75, 3.05) is 14.2 Å². The standard InChI is InChI=1S/C25H21F3N2O4/c1-33-20-11-7-17(8-12-20)24(18-9-13-21(34-2)14-10-18)22(31)30(23(32)29-24)15-16-3-5-19(6-4-16)25(26,27)28/h3-14H,15H2,1-2H3,(H,29,32). The minimum Gasteiger partial charge on any atom is -0.497 e. The van der Waals surface area contributed by atoms with E-state index < -0.39 is 29.2 Å². The molecule has 1 aliphatic heterocycles. The van der Waals surface area contributed by atoms with Gasteiger partial charge in [0.1, 0.15) is 11.5 Å². The summed E-state index contributed by atoms with van der Waals surface area (Å²) in [7, 11) is 3.03. The summed E-state index contributed by atoms with van der Waals surface area (Å²) in [5, 5.41) is 2.81. The maximum atomic E-state index is 13.8. The molecule has 0 unspecified atom stereocenters. The van der Waals surface area contributed by atoms with Crippen LogP contribution in [0.15, 0.2) is 72.8 Å². The lowest BCUT2D eigenvalue weighted by Crippen LogP contribution is -2.45. The number of nitrogens with zero attached hydrogens (tertiary/aromatic N) is 1. The summed E-state index contributed by atoms with van der Waals surface area (Å²) in [4.78, 5) is 27.8. The number of imide groups is 1. The predicted octanol–water partition coefficient (Wildman–Crippen LogP) is 4.72. The van der Waals surface area contributed by atoms with Crippen molar-refractivity contribution in [3.8, 4) is 11.5 Å². The van der Waals surface area contributed by atoms with Crippen molar-refractivity contribution in [3.05, 3.63) is 95.1 Å². The number of alkyl halides is 3. The molecule has 176 valence electrons. The van der Waals surface area contributed by atoms with Crippen LogP contribution < -0.4 is 14.8 Å². The molecule has 0 saturated carbocycles. The van der Waals surface area contributed by atoms with Gasteiger partial charge in [-0.1, -0.05) is 36.4 Å². The molecule has 1 N–H and O–H groups in total. The highest BCUT2D eigenvalue weighted by molar-refractivity contribution is 6.09. The van der Waals surface area contributed by atoms with E-state index >= 15 is 0 Å². The van der Waals surface area contributed by atoms with Crippen LogP contribution in [0.1, 0.15) is 22.3 Å². The van der Waals surface area contributed by atoms with Gasteiger partial charge in [-0.2, -0.15) is 13.2 Å². The van der Waals surface area contributed by atoms with Crippen molar-refractivity contribution in [3.63, 3.8) is 0 Å². The molecule has 1 fully saturated rings. The Kier molecular flexibility index (Phi) is 5.95. The van der Waals surface area contributed by atoms with E-state index in [4.69, 9.17) is 9.47 Å². The second kappa shape index (κ2) is 8.74. The average Bonchev–Trinajstić information content (AvgIpc) is 3.09. The maximum Gasteiger partial charge on any atom is 0.416 e. The fourth-order valence-corrected chi connectivity index (χ4v) is 3.94. The number of nitrogens with one attached hydrogen (secondary N) is 1. The number of hydrogen-bond acceptors (Lipinski definition) is 4. The second-order valence-electron chi connectivity index (χ2n) is 7.72. The Morgan fingerprint density at radius 1 is 0.794 bits per heavy atom. The minimum atomic E-state index is -4.47. The molecule has 1 aliphatic rings. The lowest BCUT2D eigenvalue weighted by atomic mass is 9.82. The maximum absolute atomic E-state index is 13.8. The van der Waals surface area contributed by atoms with Gasteiger partial charge in [0.2, 0.25) is 0 Å². The number of amides is 3. The largest absolute Gasteiger partial charge is 0.497 e. The van der Waals surface area contributed by atoms with E-state index in [0.29, 0.717) is 28.2 Å². The molecule has 6 nitrogen and oxygen atoms in total. The van der Waals surface area contributed by atoms with E-state index in [1.54, 1.807) is 48.5 Å². The van der Waals surface area contributed by atoms with E-state index in [1.807, 2.05) is 0 Å². The SMILES string of the molecule is COc1ccc(C2(c3ccc(OC)cc3)NC(=O)N(Cc3ccc(C(F)(F)F)cc3)C2=O)cc1. The summed E-state index contributed by atoms with van der Waals surface area (Å²) < 4.78 is 49.1. The number of carbonyl (C=O) groups excluding carboxylic acids is 2. The van der Waals surface area contributed by atoms with Gasteiger partial charge < -0.3 is 14.8 Å². The van der Waals surface area contributed by atoms with E-state index in [-0.39, 0.29) is 6.54 Å². The monoisotopic (exact) mass is 470 g/mol. The number of urea groups is 1. The third-order valence-corrected chi connectivity index (χ3v) is 5.77. The van der Waals surface area contributed by atoms with Crippen molar-refractivity contribution >= 4 is 11.9 Å². The molecule has 3 amide bonds. The molecule has 3 aromatic carbocycles. The first kappa shape index (κ1) is 23.2. The molecule has 0 spiro atoms. The Bertz CT molecular complexity index is 1140. The van der Waals surface area contributed by atoms with Gasteiger partial charge in [-0.15, -0.1) is 0 Å². The number of ether oxygens (including phenoxy) is 2. The molecular formula is C25H21F3N2O4. The quantitative estimate of drug-likeness (QED) is 0.530. The van der Waals surface area contributed by atoms with Gasteiger partial charge in [0, 0.05) is 0 Å². The van der Waals surface area contributed by atoms with Crippen LogP contribution in [-0.2, 0) is 23.1 Å². The van der Waals surface area contributed by atoms with Gasteiger partial charge in [0.15, 0.2) is 5.54 Å². The highest BCUT2D eigenvalue weighted by atomic mass is 19.4. The molecule has 0 bridgehead atoms. The van der Waals surface area contributed by atoms with Crippen LogP contribution in [-0.4, -0.2) is 31.1 Å². The van der Waals surface area contributed by atoms with Gasteiger partial charge >= 0.3 is 12.2 Å². The summed E-state index contributed by atoms with van der Waals surface area (Å²) in [5.74, 6) is 0.603. The molecule has 0 radical (unpaired) electrons. The summed E-state index contributed by atoms with van der Waals surface area (Å²) in [5.41, 5.74) is -0.934. The van der Waals surface area contributed by atoms with Gasteiger partial charge in [-0.05, 0) is 53.1 Å². The van der Waals surface area contributed by atoms with Crippen LogP contribution in [0.5, 0.6) is 11.5 Å². The smallest absolute Gasteiger partial charge is 0.416 e. The normalized spacial score (nSPS) is 15.3. The van der Waals surface area contributed by atoms with Crippen LogP contribution in [0.3, 0.4) is 0 Å². The Labute approximate surface area is 193 Å². The molecular weight excluding hydrogens is 449 g/mol. The average molecular weight is 470 g/mol. The Morgan fingerprint density at radius 2 is 1.26 bits per heavy atom. The zero-order chi connectivity index (χ0) is 24.5. The summed E-state index contributed by atoms with van der Waals surface area (Å²) in [6.45, 7) is -0.184. The highest BCUT2D eigenvalue weighted by Gasteiger charge is 2.53. The van der Waals surface area contributed by atoms with Crippen molar-refractivity contribution in [2.24, 2.45) is 0 Å². The molecule has 34 heavy (non-hydrogen) atoms. The Balaban J connectivity index is 1.73. The summed E-state index contributed by atoms with van der Waals surface area (Å²) in [6, 6.07) is 17.2. The van der Waals surface area contributed by atoms with Crippen LogP contribution in [0.25, 0.3) is 0 Å². The van der Waals surface area contributed by atoms with Gasteiger partial charge in [0.25, 0.3) is 5.91 Å². The molecule has 3 aromatic rings. The first-order valence-corrected chi connectivity index (χ1v) is 10.3. The van der Waals surface area contributed by atoms with E-state index in [0.717, 1.165) is 17.0 Å². The molecule has 0 atom stereocenters. The number of rotatable bonds is 6. The molecule has 0 aliphatic carbocycles. The Hall–Kier alpha value is -4.01.